The van der Waals surface area contributed by atoms with E-state index in [4.69, 9.17) is 18.5 Å². The zero-order valence-electron chi connectivity index (χ0n) is 37.3. The third kappa shape index (κ3) is 28.8. The molecule has 0 radical (unpaired) electrons. The minimum absolute atomic E-state index is 0.0979. The van der Waals surface area contributed by atoms with Gasteiger partial charge in [-0.05, 0) is 44.9 Å². The first-order valence-corrected chi connectivity index (χ1v) is 25.1. The summed E-state index contributed by atoms with van der Waals surface area (Å²) >= 11 is 0. The lowest BCUT2D eigenvalue weighted by molar-refractivity contribution is -0.220. The van der Waals surface area contributed by atoms with Crippen LogP contribution in [-0.2, 0) is 32.7 Å². The topological polar surface area (TPSA) is 210 Å². The van der Waals surface area contributed by atoms with Gasteiger partial charge in [-0.1, -0.05) is 167 Å². The van der Waals surface area contributed by atoms with E-state index in [0.29, 0.717) is 12.8 Å². The lowest BCUT2D eigenvalue weighted by Gasteiger charge is -2.41. The molecule has 0 aromatic heterocycles. The molecule has 6 unspecified atom stereocenters. The Labute approximate surface area is 362 Å². The van der Waals surface area contributed by atoms with Gasteiger partial charge in [-0.3, -0.25) is 18.6 Å². The second-order valence-electron chi connectivity index (χ2n) is 16.6. The predicted molar refractivity (Wildman–Crippen MR) is 235 cm³/mol. The van der Waals surface area contributed by atoms with Gasteiger partial charge in [0.05, 0.1) is 6.61 Å². The summed E-state index contributed by atoms with van der Waals surface area (Å²) in [6, 6.07) is 0. The average molecular weight is 877 g/mol. The monoisotopic (exact) mass is 877 g/mol. The van der Waals surface area contributed by atoms with Gasteiger partial charge in [0, 0.05) is 12.8 Å². The summed E-state index contributed by atoms with van der Waals surface area (Å²) in [6.07, 6.45) is 26.5. The highest BCUT2D eigenvalue weighted by molar-refractivity contribution is 7.47. The smallest absolute Gasteiger partial charge is 0.462 e. The maximum Gasteiger partial charge on any atom is 0.472 e. The van der Waals surface area contributed by atoms with Crippen molar-refractivity contribution in [3.8, 4) is 0 Å². The number of aliphatic hydroxyl groups excluding tert-OH is 5. The number of rotatable bonds is 39. The van der Waals surface area contributed by atoms with Crippen molar-refractivity contribution in [2.24, 2.45) is 0 Å². The van der Waals surface area contributed by atoms with Crippen molar-refractivity contribution in [2.75, 3.05) is 13.2 Å². The lowest BCUT2D eigenvalue weighted by atomic mass is 9.85. The predicted octanol–water partition coefficient (Wildman–Crippen LogP) is 9.23. The molecule has 0 aromatic carbocycles. The minimum atomic E-state index is -5.12. The molecule has 6 N–H and O–H groups in total. The molecule has 1 rings (SSSR count). The number of carbonyl (C=O) groups excluding carboxylic acids is 2. The molecule has 0 saturated heterocycles. The highest BCUT2D eigenvalue weighted by Gasteiger charge is 2.51. The van der Waals surface area contributed by atoms with Crippen LogP contribution in [0.5, 0.6) is 0 Å². The summed E-state index contributed by atoms with van der Waals surface area (Å²) in [6.45, 7) is 3.27. The molecule has 1 aliphatic carbocycles. The minimum Gasteiger partial charge on any atom is -0.462 e. The van der Waals surface area contributed by atoms with Gasteiger partial charge in [0.2, 0.25) is 0 Å². The summed E-state index contributed by atoms with van der Waals surface area (Å²) in [5.74, 6) is -1.11. The number of phosphoric acid groups is 1. The molecular formula is C46H85O13P. The number of unbranched alkanes of at least 4 members (excludes halogenated alkanes) is 23. The van der Waals surface area contributed by atoms with Crippen LogP contribution in [0.25, 0.3) is 0 Å². The van der Waals surface area contributed by atoms with Crippen LogP contribution in [-0.4, -0.2) is 98.3 Å². The van der Waals surface area contributed by atoms with Gasteiger partial charge in [0.15, 0.2) is 6.10 Å². The van der Waals surface area contributed by atoms with E-state index in [9.17, 15) is 44.6 Å². The van der Waals surface area contributed by atoms with E-state index in [-0.39, 0.29) is 12.8 Å². The lowest BCUT2D eigenvalue weighted by Crippen LogP contribution is -2.64. The highest BCUT2D eigenvalue weighted by Crippen LogP contribution is 2.47. The number of phosphoric ester groups is 1. The van der Waals surface area contributed by atoms with Crippen molar-refractivity contribution >= 4 is 19.8 Å². The summed E-state index contributed by atoms with van der Waals surface area (Å²) in [5, 5.41) is 50.1. The van der Waals surface area contributed by atoms with Gasteiger partial charge >= 0.3 is 19.8 Å². The molecule has 13 nitrogen and oxygen atoms in total. The van der Waals surface area contributed by atoms with Gasteiger partial charge < -0.3 is 39.9 Å². The number of hydrogen-bond acceptors (Lipinski definition) is 12. The SMILES string of the molecule is CCCCC/C=C/C/C=C/CCCCCCCC(=O)OC[C@H](COP(=O)(O)OC1C(O)C(O)C(O)[C@@H](O)C1O)OC(=O)CCCCCCCCCCCCCCCCCC. The molecule has 1 saturated carbocycles. The largest absolute Gasteiger partial charge is 0.472 e. The first kappa shape index (κ1) is 56.3. The zero-order chi connectivity index (χ0) is 44.3. The molecule has 8 atom stereocenters. The summed E-state index contributed by atoms with van der Waals surface area (Å²) < 4.78 is 33.5. The molecule has 352 valence electrons. The molecule has 0 heterocycles. The van der Waals surface area contributed by atoms with Crippen LogP contribution in [0.2, 0.25) is 0 Å². The fraction of sp³-hybridized carbons (Fsp3) is 0.870. The Kier molecular flexibility index (Phi) is 34.5. The number of hydrogen-bond donors (Lipinski definition) is 6. The van der Waals surface area contributed by atoms with Crippen molar-refractivity contribution < 1.29 is 63.1 Å². The molecule has 0 amide bonds. The average Bonchev–Trinajstić information content (AvgIpc) is 3.23. The number of carbonyl (C=O) groups is 2. The number of aliphatic hydroxyl groups is 5. The van der Waals surface area contributed by atoms with Crippen molar-refractivity contribution in [1.82, 2.24) is 0 Å². The second-order valence-corrected chi connectivity index (χ2v) is 18.0. The first-order chi connectivity index (χ1) is 28.9. The Balaban J connectivity index is 2.45. The van der Waals surface area contributed by atoms with Crippen molar-refractivity contribution in [1.29, 1.82) is 0 Å². The molecule has 0 spiro atoms. The van der Waals surface area contributed by atoms with Crippen LogP contribution in [0.1, 0.15) is 200 Å². The molecule has 0 aliphatic heterocycles. The van der Waals surface area contributed by atoms with E-state index in [1.165, 1.54) is 89.9 Å². The number of allylic oxidation sites excluding steroid dienone is 4. The first-order valence-electron chi connectivity index (χ1n) is 23.6. The molecule has 60 heavy (non-hydrogen) atoms. The Morgan fingerprint density at radius 3 is 1.38 bits per heavy atom. The Morgan fingerprint density at radius 2 is 0.900 bits per heavy atom. The Bertz CT molecular complexity index is 1150. The molecule has 14 heteroatoms. The third-order valence-electron chi connectivity index (χ3n) is 11.0. The molecular weight excluding hydrogens is 791 g/mol. The molecule has 0 bridgehead atoms. The summed E-state index contributed by atoms with van der Waals surface area (Å²) in [4.78, 5) is 35.7. The van der Waals surface area contributed by atoms with E-state index >= 15 is 0 Å². The van der Waals surface area contributed by atoms with Crippen LogP contribution in [0.4, 0.5) is 0 Å². The van der Waals surface area contributed by atoms with E-state index in [0.717, 1.165) is 70.6 Å². The van der Waals surface area contributed by atoms with Crippen LogP contribution in [0, 0.1) is 0 Å². The van der Waals surface area contributed by atoms with Crippen molar-refractivity contribution in [3.05, 3.63) is 24.3 Å². The van der Waals surface area contributed by atoms with Crippen LogP contribution >= 0.6 is 7.82 Å². The van der Waals surface area contributed by atoms with Crippen LogP contribution < -0.4 is 0 Å². The maximum absolute atomic E-state index is 12.8. The summed E-state index contributed by atoms with van der Waals surface area (Å²) in [7, 11) is -5.12. The van der Waals surface area contributed by atoms with E-state index < -0.39 is 75.7 Å². The second kappa shape index (κ2) is 36.8. The maximum atomic E-state index is 12.8. The Morgan fingerprint density at radius 1 is 0.517 bits per heavy atom. The molecule has 1 aliphatic rings. The highest BCUT2D eigenvalue weighted by atomic mass is 31.2. The van der Waals surface area contributed by atoms with Gasteiger partial charge in [0.25, 0.3) is 0 Å². The molecule has 1 fully saturated rings. The zero-order valence-corrected chi connectivity index (χ0v) is 38.2. The summed E-state index contributed by atoms with van der Waals surface area (Å²) in [5.41, 5.74) is 0. The van der Waals surface area contributed by atoms with Gasteiger partial charge in [-0.2, -0.15) is 0 Å². The van der Waals surface area contributed by atoms with E-state index in [1.807, 2.05) is 0 Å². The van der Waals surface area contributed by atoms with Crippen LogP contribution in [0.3, 0.4) is 0 Å². The van der Waals surface area contributed by atoms with Gasteiger partial charge in [0.1, 0.15) is 43.2 Å². The van der Waals surface area contributed by atoms with E-state index in [1.54, 1.807) is 0 Å². The number of esters is 2. The van der Waals surface area contributed by atoms with E-state index in [2.05, 4.69) is 38.2 Å². The standard InChI is InChI=1S/C46H85O13P/c1-3-5-7-9-11-13-15-17-19-21-23-25-27-29-31-33-35-40(48)58-38(37-57-60(54,55)59-46-44(52)42(50)41(49)43(51)45(46)53)36-56-39(47)34-32-30-28-26-24-22-20-18-16-14-12-10-8-6-4-2/h12,14,18,20,38,41-46,49-53H,3-11,13,15-17,19,21-37H2,1-2H3,(H,54,55)/b14-12+,20-18+/t38-,41?,42-,43?,44?,45?,46?/m1/s1. The molecule has 0 aromatic rings. The van der Waals surface area contributed by atoms with Crippen molar-refractivity contribution in [2.45, 2.75) is 243 Å². The van der Waals surface area contributed by atoms with Gasteiger partial charge in [-0.15, -0.1) is 0 Å². The fourth-order valence-corrected chi connectivity index (χ4v) is 8.17. The Hall–Kier alpha value is -1.67. The number of ether oxygens (including phenoxy) is 2. The fourth-order valence-electron chi connectivity index (χ4n) is 7.20. The normalized spacial score (nSPS) is 22.3. The quantitative estimate of drug-likeness (QED) is 0.0147. The van der Waals surface area contributed by atoms with Crippen LogP contribution in [0.15, 0.2) is 24.3 Å². The third-order valence-corrected chi connectivity index (χ3v) is 12.0. The van der Waals surface area contributed by atoms with Crippen molar-refractivity contribution in [3.63, 3.8) is 0 Å². The van der Waals surface area contributed by atoms with Gasteiger partial charge in [-0.25, -0.2) is 4.57 Å².